The van der Waals surface area contributed by atoms with Gasteiger partial charge in [-0.05, 0) is 50.4 Å². The summed E-state index contributed by atoms with van der Waals surface area (Å²) in [7, 11) is 0. The molecule has 0 amide bonds. The first kappa shape index (κ1) is 13.5. The molecule has 1 fully saturated rings. The van der Waals surface area contributed by atoms with Crippen molar-refractivity contribution in [2.24, 2.45) is 0 Å². The van der Waals surface area contributed by atoms with E-state index in [1.54, 1.807) is 0 Å². The van der Waals surface area contributed by atoms with Crippen LogP contribution in [0.2, 0.25) is 0 Å². The minimum Gasteiger partial charge on any atom is -0.494 e. The van der Waals surface area contributed by atoms with E-state index in [-0.39, 0.29) is 17.0 Å². The highest BCUT2D eigenvalue weighted by molar-refractivity contribution is 8.93. The van der Waals surface area contributed by atoms with Gasteiger partial charge in [0.05, 0.1) is 6.61 Å². The lowest BCUT2D eigenvalue weighted by Gasteiger charge is -2.24. The Morgan fingerprint density at radius 2 is 1.94 bits per heavy atom. The van der Waals surface area contributed by atoms with Gasteiger partial charge in [-0.25, -0.2) is 0 Å². The summed E-state index contributed by atoms with van der Waals surface area (Å²) in [4.78, 5) is 0. The van der Waals surface area contributed by atoms with Gasteiger partial charge in [-0.2, -0.15) is 0 Å². The zero-order valence-corrected chi connectivity index (χ0v) is 11.5. The Bertz CT molecular complexity index is 311. The van der Waals surface area contributed by atoms with E-state index < -0.39 is 0 Å². The standard InChI is InChI=1S/C13H19NO.BrH/c1-2-15-13-6-4-3-5-12(13)11-7-9-14-10-8-11;/h3-6,11,14H,2,7-10H2,1H3;1H. The predicted molar refractivity (Wildman–Crippen MR) is 72.8 cm³/mol. The molecule has 0 saturated carbocycles. The molecule has 0 atom stereocenters. The highest BCUT2D eigenvalue weighted by Gasteiger charge is 2.18. The average Bonchev–Trinajstić information content (AvgIpc) is 2.31. The molecule has 3 heteroatoms. The second-order valence-electron chi connectivity index (χ2n) is 4.00. The highest BCUT2D eigenvalue weighted by atomic mass is 79.9. The molecule has 2 rings (SSSR count). The summed E-state index contributed by atoms with van der Waals surface area (Å²) in [5.41, 5.74) is 1.39. The number of halogens is 1. The number of hydrogen-bond donors (Lipinski definition) is 1. The Hall–Kier alpha value is -0.540. The van der Waals surface area contributed by atoms with Crippen molar-refractivity contribution < 1.29 is 4.74 Å². The number of benzene rings is 1. The summed E-state index contributed by atoms with van der Waals surface area (Å²) in [6, 6.07) is 8.46. The van der Waals surface area contributed by atoms with E-state index >= 15 is 0 Å². The third-order valence-electron chi connectivity index (χ3n) is 3.00. The molecular formula is C13H20BrNO. The highest BCUT2D eigenvalue weighted by Crippen LogP contribution is 2.32. The molecule has 2 nitrogen and oxygen atoms in total. The summed E-state index contributed by atoms with van der Waals surface area (Å²) in [6.07, 6.45) is 2.45. The number of hydrogen-bond acceptors (Lipinski definition) is 2. The van der Waals surface area contributed by atoms with Crippen LogP contribution in [0.3, 0.4) is 0 Å². The fraction of sp³-hybridized carbons (Fsp3) is 0.538. The molecule has 0 unspecified atom stereocenters. The molecule has 1 aliphatic heterocycles. The molecule has 1 aromatic carbocycles. The van der Waals surface area contributed by atoms with Crippen molar-refractivity contribution in [2.45, 2.75) is 25.7 Å². The molecule has 1 aliphatic rings. The summed E-state index contributed by atoms with van der Waals surface area (Å²) in [5.74, 6) is 1.75. The minimum absolute atomic E-state index is 0. The van der Waals surface area contributed by atoms with Crippen molar-refractivity contribution in [3.8, 4) is 5.75 Å². The second-order valence-corrected chi connectivity index (χ2v) is 4.00. The Labute approximate surface area is 108 Å². The van der Waals surface area contributed by atoms with Gasteiger partial charge in [0.15, 0.2) is 0 Å². The van der Waals surface area contributed by atoms with Crippen molar-refractivity contribution in [1.29, 1.82) is 0 Å². The molecule has 1 aromatic rings. The Morgan fingerprint density at radius 3 is 2.62 bits per heavy atom. The molecule has 90 valence electrons. The van der Waals surface area contributed by atoms with Crippen LogP contribution in [-0.2, 0) is 0 Å². The summed E-state index contributed by atoms with van der Waals surface area (Å²) in [5, 5.41) is 3.40. The summed E-state index contributed by atoms with van der Waals surface area (Å²) >= 11 is 0. The zero-order chi connectivity index (χ0) is 10.5. The summed E-state index contributed by atoms with van der Waals surface area (Å²) in [6.45, 7) is 5.05. The van der Waals surface area contributed by atoms with Crippen LogP contribution < -0.4 is 10.1 Å². The van der Waals surface area contributed by atoms with Crippen LogP contribution >= 0.6 is 17.0 Å². The molecule has 0 bridgehead atoms. The lowest BCUT2D eigenvalue weighted by atomic mass is 9.90. The van der Waals surface area contributed by atoms with Crippen LogP contribution in [0.15, 0.2) is 24.3 Å². The van der Waals surface area contributed by atoms with Gasteiger partial charge in [-0.3, -0.25) is 0 Å². The summed E-state index contributed by atoms with van der Waals surface area (Å²) < 4.78 is 5.67. The maximum atomic E-state index is 5.67. The smallest absolute Gasteiger partial charge is 0.122 e. The number of nitrogens with one attached hydrogen (secondary N) is 1. The van der Waals surface area contributed by atoms with Crippen LogP contribution in [0.5, 0.6) is 5.75 Å². The SMILES string of the molecule is Br.CCOc1ccccc1C1CCNCC1. The molecular weight excluding hydrogens is 266 g/mol. The number of ether oxygens (including phenoxy) is 1. The monoisotopic (exact) mass is 285 g/mol. The van der Waals surface area contributed by atoms with Gasteiger partial charge in [0.1, 0.15) is 5.75 Å². The molecule has 16 heavy (non-hydrogen) atoms. The number of piperidine rings is 1. The maximum absolute atomic E-state index is 5.67. The van der Waals surface area contributed by atoms with E-state index in [1.807, 2.05) is 6.92 Å². The minimum atomic E-state index is 0. The number of rotatable bonds is 3. The molecule has 0 aromatic heterocycles. The van der Waals surface area contributed by atoms with E-state index in [0.717, 1.165) is 25.4 Å². The lowest BCUT2D eigenvalue weighted by Crippen LogP contribution is -2.26. The van der Waals surface area contributed by atoms with E-state index in [2.05, 4.69) is 29.6 Å². The van der Waals surface area contributed by atoms with Crippen LogP contribution in [-0.4, -0.2) is 19.7 Å². The van der Waals surface area contributed by atoms with Gasteiger partial charge in [-0.1, -0.05) is 18.2 Å². The van der Waals surface area contributed by atoms with Crippen LogP contribution in [0.4, 0.5) is 0 Å². The molecule has 0 radical (unpaired) electrons. The molecule has 1 heterocycles. The first-order valence-corrected chi connectivity index (χ1v) is 5.84. The molecule has 1 saturated heterocycles. The quantitative estimate of drug-likeness (QED) is 0.921. The first-order valence-electron chi connectivity index (χ1n) is 5.84. The van der Waals surface area contributed by atoms with E-state index in [1.165, 1.54) is 18.4 Å². The third kappa shape index (κ3) is 3.22. The van der Waals surface area contributed by atoms with E-state index in [4.69, 9.17) is 4.74 Å². The largest absolute Gasteiger partial charge is 0.494 e. The molecule has 0 aliphatic carbocycles. The average molecular weight is 286 g/mol. The van der Waals surface area contributed by atoms with E-state index in [9.17, 15) is 0 Å². The van der Waals surface area contributed by atoms with Gasteiger partial charge in [-0.15, -0.1) is 17.0 Å². The lowest BCUT2D eigenvalue weighted by molar-refractivity contribution is 0.329. The van der Waals surface area contributed by atoms with Crippen LogP contribution in [0.1, 0.15) is 31.2 Å². The van der Waals surface area contributed by atoms with Gasteiger partial charge >= 0.3 is 0 Å². The predicted octanol–water partition coefficient (Wildman–Crippen LogP) is 3.13. The topological polar surface area (TPSA) is 21.3 Å². The Balaban J connectivity index is 0.00000128. The zero-order valence-electron chi connectivity index (χ0n) is 9.74. The van der Waals surface area contributed by atoms with E-state index in [0.29, 0.717) is 5.92 Å². The molecule has 0 spiro atoms. The van der Waals surface area contributed by atoms with Crippen molar-refractivity contribution in [2.75, 3.05) is 19.7 Å². The number of para-hydroxylation sites is 1. The second kappa shape index (κ2) is 6.92. The Kier molecular flexibility index (Phi) is 5.85. The van der Waals surface area contributed by atoms with Crippen molar-refractivity contribution in [1.82, 2.24) is 5.32 Å². The van der Waals surface area contributed by atoms with Crippen molar-refractivity contribution in [3.05, 3.63) is 29.8 Å². The molecule has 1 N–H and O–H groups in total. The van der Waals surface area contributed by atoms with Gasteiger partial charge in [0, 0.05) is 0 Å². The van der Waals surface area contributed by atoms with Crippen LogP contribution in [0.25, 0.3) is 0 Å². The van der Waals surface area contributed by atoms with Gasteiger partial charge in [0.25, 0.3) is 0 Å². The maximum Gasteiger partial charge on any atom is 0.122 e. The normalized spacial score (nSPS) is 16.6. The van der Waals surface area contributed by atoms with Crippen molar-refractivity contribution >= 4 is 17.0 Å². The first-order chi connectivity index (χ1) is 7.42. The fourth-order valence-corrected chi connectivity index (χ4v) is 2.24. The van der Waals surface area contributed by atoms with Crippen LogP contribution in [0, 0.1) is 0 Å². The third-order valence-corrected chi connectivity index (χ3v) is 3.00. The Morgan fingerprint density at radius 1 is 1.25 bits per heavy atom. The van der Waals surface area contributed by atoms with Gasteiger partial charge in [0.2, 0.25) is 0 Å². The fourth-order valence-electron chi connectivity index (χ4n) is 2.24. The van der Waals surface area contributed by atoms with Crippen molar-refractivity contribution in [3.63, 3.8) is 0 Å². The van der Waals surface area contributed by atoms with Gasteiger partial charge < -0.3 is 10.1 Å².